The predicted octanol–water partition coefficient (Wildman–Crippen LogP) is 4.99. The first-order valence-electron chi connectivity index (χ1n) is 17.3. The molecule has 268 valence electrons. The van der Waals surface area contributed by atoms with Crippen molar-refractivity contribution in [1.82, 2.24) is 14.7 Å². The maximum Gasteiger partial charge on any atom is 0.313 e. The number of aliphatic hydroxyl groups is 1. The maximum absolute atomic E-state index is 14.9. The van der Waals surface area contributed by atoms with Crippen molar-refractivity contribution in [2.75, 3.05) is 20.2 Å². The van der Waals surface area contributed by atoms with Crippen molar-refractivity contribution in [2.24, 2.45) is 11.8 Å². The van der Waals surface area contributed by atoms with Crippen molar-refractivity contribution in [3.8, 4) is 0 Å². The van der Waals surface area contributed by atoms with Crippen LogP contribution in [0.3, 0.4) is 0 Å². The summed E-state index contributed by atoms with van der Waals surface area (Å²) in [6.45, 7) is 13.0. The highest BCUT2D eigenvalue weighted by atomic mass is 79.9. The minimum absolute atomic E-state index is 0.120. The molecule has 50 heavy (non-hydrogen) atoms. The highest BCUT2D eigenvalue weighted by molar-refractivity contribution is 9.09. The van der Waals surface area contributed by atoms with E-state index in [1.165, 1.54) is 4.90 Å². The molecule has 2 aromatic rings. The Hall–Kier alpha value is -3.80. The van der Waals surface area contributed by atoms with E-state index in [1.807, 2.05) is 81.4 Å². The Labute approximate surface area is 303 Å². The molecule has 10 nitrogen and oxygen atoms in total. The van der Waals surface area contributed by atoms with E-state index in [4.69, 9.17) is 9.47 Å². The molecule has 5 rings (SSSR count). The van der Waals surface area contributed by atoms with Crippen molar-refractivity contribution in [2.45, 2.75) is 86.8 Å². The summed E-state index contributed by atoms with van der Waals surface area (Å²) < 4.78 is 13.1. The molecule has 0 aromatic heterocycles. The third kappa shape index (κ3) is 6.67. The summed E-state index contributed by atoms with van der Waals surface area (Å²) in [7, 11) is 1.68. The lowest BCUT2D eigenvalue weighted by atomic mass is 9.70. The SMILES string of the molecule is C=CCCC(=O)N(C)[C@H](C)[C@H](OC(=O)[C@H]1[C@@H]2O[C@@]3(CC2Br)[C@@H]1C(=O)N([C@H](CO)c1ccccc1)[C@@H]3C(=O)N(CC=C)C(C)C)c1ccccc1. The number of hydrogen-bond acceptors (Lipinski definition) is 7. The van der Waals surface area contributed by atoms with Crippen molar-refractivity contribution >= 4 is 39.6 Å². The first kappa shape index (κ1) is 37.5. The number of ether oxygens (including phenoxy) is 2. The smallest absolute Gasteiger partial charge is 0.313 e. The molecule has 1 N–H and O–H groups in total. The van der Waals surface area contributed by atoms with E-state index < -0.39 is 66.3 Å². The van der Waals surface area contributed by atoms with Gasteiger partial charge in [-0.1, -0.05) is 88.7 Å². The molecule has 0 saturated carbocycles. The fourth-order valence-corrected chi connectivity index (χ4v) is 8.90. The minimum atomic E-state index is -1.36. The Morgan fingerprint density at radius 1 is 1.06 bits per heavy atom. The van der Waals surface area contributed by atoms with Gasteiger partial charge in [0.05, 0.1) is 36.6 Å². The summed E-state index contributed by atoms with van der Waals surface area (Å²) in [5.74, 6) is -3.65. The lowest BCUT2D eigenvalue weighted by Crippen LogP contribution is -2.58. The van der Waals surface area contributed by atoms with Gasteiger partial charge in [0.1, 0.15) is 17.7 Å². The normalized spacial score (nSPS) is 27.0. The average molecular weight is 751 g/mol. The summed E-state index contributed by atoms with van der Waals surface area (Å²) in [4.78, 5) is 61.5. The molecule has 9 atom stereocenters. The second-order valence-corrected chi connectivity index (χ2v) is 14.9. The number of fused-ring (bicyclic) bond motifs is 1. The summed E-state index contributed by atoms with van der Waals surface area (Å²) in [5.41, 5.74) is -0.0123. The number of carbonyl (C=O) groups excluding carboxylic acids is 4. The molecule has 3 amide bonds. The summed E-state index contributed by atoms with van der Waals surface area (Å²) in [6, 6.07) is 15.5. The molecule has 3 fully saturated rings. The van der Waals surface area contributed by atoms with Crippen molar-refractivity contribution in [3.63, 3.8) is 0 Å². The molecular weight excluding hydrogens is 702 g/mol. The fourth-order valence-electron chi connectivity index (χ4n) is 7.96. The van der Waals surface area contributed by atoms with Crippen molar-refractivity contribution in [1.29, 1.82) is 0 Å². The van der Waals surface area contributed by atoms with Crippen molar-refractivity contribution in [3.05, 3.63) is 97.1 Å². The lowest BCUT2D eigenvalue weighted by Gasteiger charge is -2.40. The maximum atomic E-state index is 14.9. The van der Waals surface area contributed by atoms with E-state index in [1.54, 1.807) is 29.0 Å². The van der Waals surface area contributed by atoms with Crippen LogP contribution in [0.2, 0.25) is 0 Å². The zero-order valence-electron chi connectivity index (χ0n) is 29.2. The van der Waals surface area contributed by atoms with Gasteiger partial charge in [0, 0.05) is 30.9 Å². The molecular formula is C39H48BrN3O7. The van der Waals surface area contributed by atoms with Crippen LogP contribution in [0.4, 0.5) is 0 Å². The number of rotatable bonds is 15. The second kappa shape index (κ2) is 15.6. The number of carbonyl (C=O) groups is 4. The number of likely N-dealkylation sites (N-methyl/N-ethyl adjacent to an activating group) is 1. The number of nitrogens with zero attached hydrogens (tertiary/aromatic N) is 3. The van der Waals surface area contributed by atoms with Gasteiger partial charge in [0.15, 0.2) is 0 Å². The molecule has 1 unspecified atom stereocenters. The number of aliphatic hydroxyl groups excluding tert-OH is 1. The number of halogens is 1. The summed E-state index contributed by atoms with van der Waals surface area (Å²) in [6.07, 6.45) is 2.80. The molecule has 0 radical (unpaired) electrons. The average Bonchev–Trinajstić information content (AvgIpc) is 3.71. The van der Waals surface area contributed by atoms with Crippen LogP contribution in [0.5, 0.6) is 0 Å². The lowest BCUT2D eigenvalue weighted by molar-refractivity contribution is -0.165. The van der Waals surface area contributed by atoms with Crippen LogP contribution >= 0.6 is 15.9 Å². The monoisotopic (exact) mass is 749 g/mol. The van der Waals surface area contributed by atoms with Crippen LogP contribution < -0.4 is 0 Å². The molecule has 2 aromatic carbocycles. The van der Waals surface area contributed by atoms with E-state index in [0.29, 0.717) is 24.0 Å². The van der Waals surface area contributed by atoms with Crippen LogP contribution in [-0.2, 0) is 28.7 Å². The quantitative estimate of drug-likeness (QED) is 0.155. The fraction of sp³-hybridized carbons (Fsp3) is 0.487. The number of likely N-dealkylation sites (tertiary alicyclic amines) is 1. The number of allylic oxidation sites excluding steroid dienone is 1. The highest BCUT2D eigenvalue weighted by Gasteiger charge is 2.77. The minimum Gasteiger partial charge on any atom is -0.455 e. The molecule has 0 aliphatic carbocycles. The van der Waals surface area contributed by atoms with Gasteiger partial charge in [-0.3, -0.25) is 19.2 Å². The Morgan fingerprint density at radius 2 is 1.68 bits per heavy atom. The summed E-state index contributed by atoms with van der Waals surface area (Å²) >= 11 is 3.74. The van der Waals surface area contributed by atoms with E-state index in [0.717, 1.165) is 0 Å². The second-order valence-electron chi connectivity index (χ2n) is 13.7. The van der Waals surface area contributed by atoms with Gasteiger partial charge in [-0.2, -0.15) is 0 Å². The van der Waals surface area contributed by atoms with Crippen LogP contribution in [0.25, 0.3) is 0 Å². The molecule has 3 aliphatic heterocycles. The number of alkyl halides is 1. The molecule has 2 bridgehead atoms. The van der Waals surface area contributed by atoms with Gasteiger partial charge in [0.2, 0.25) is 17.7 Å². The van der Waals surface area contributed by atoms with Crippen LogP contribution in [-0.4, -0.2) is 98.4 Å². The van der Waals surface area contributed by atoms with E-state index >= 15 is 0 Å². The largest absolute Gasteiger partial charge is 0.455 e. The van der Waals surface area contributed by atoms with Crippen LogP contribution in [0.15, 0.2) is 86.0 Å². The number of benzene rings is 2. The molecule has 3 heterocycles. The Balaban J connectivity index is 1.56. The van der Waals surface area contributed by atoms with Gasteiger partial charge in [-0.25, -0.2) is 0 Å². The molecule has 1 spiro atoms. The van der Waals surface area contributed by atoms with Gasteiger partial charge < -0.3 is 29.3 Å². The standard InChI is InChI=1S/C39H48BrN3O7/c1-7-9-20-30(45)41(6)25(5)33(27-18-14-11-15-19-27)49-38(48)31-32-36(46)43(29(23-44)26-16-12-10-13-17-26)35(37(47)42(21-8-2)24(3)4)39(32)22-28(40)34(31)50-39/h7-8,10-19,24-25,28-29,31-35,44H,1-2,9,20-23H2,3-6H3/t25-,28?,29-,31-,32+,33+,34-,35-,39+/m1/s1. The van der Waals surface area contributed by atoms with Gasteiger partial charge >= 0.3 is 5.97 Å². The Kier molecular flexibility index (Phi) is 11.7. The van der Waals surface area contributed by atoms with Gasteiger partial charge in [0.25, 0.3) is 0 Å². The topological polar surface area (TPSA) is 117 Å². The van der Waals surface area contributed by atoms with Crippen molar-refractivity contribution < 1.29 is 33.8 Å². The van der Waals surface area contributed by atoms with E-state index in [-0.39, 0.29) is 35.6 Å². The Bertz CT molecular complexity index is 1570. The first-order valence-corrected chi connectivity index (χ1v) is 18.2. The predicted molar refractivity (Wildman–Crippen MR) is 193 cm³/mol. The zero-order valence-corrected chi connectivity index (χ0v) is 30.8. The van der Waals surface area contributed by atoms with Crippen LogP contribution in [0.1, 0.15) is 63.3 Å². The van der Waals surface area contributed by atoms with Gasteiger partial charge in [-0.15, -0.1) is 13.2 Å². The zero-order chi connectivity index (χ0) is 36.3. The number of amides is 3. The molecule has 11 heteroatoms. The van der Waals surface area contributed by atoms with E-state index in [9.17, 15) is 24.3 Å². The Morgan fingerprint density at radius 3 is 2.24 bits per heavy atom. The number of hydrogen-bond donors (Lipinski definition) is 1. The summed E-state index contributed by atoms with van der Waals surface area (Å²) in [5, 5.41) is 10.8. The highest BCUT2D eigenvalue weighted by Crippen LogP contribution is 2.61. The van der Waals surface area contributed by atoms with Crippen LogP contribution in [0, 0.1) is 11.8 Å². The van der Waals surface area contributed by atoms with Gasteiger partial charge in [-0.05, 0) is 44.7 Å². The molecule has 3 aliphatic rings. The van der Waals surface area contributed by atoms with E-state index in [2.05, 4.69) is 29.1 Å². The third-order valence-electron chi connectivity index (χ3n) is 10.5. The molecule has 3 saturated heterocycles. The first-order chi connectivity index (χ1) is 23.9. The third-order valence-corrected chi connectivity index (χ3v) is 11.4. The number of esters is 1.